The average Bonchev–Trinajstić information content (AvgIpc) is 2.49. The van der Waals surface area contributed by atoms with Crippen molar-refractivity contribution in [2.75, 3.05) is 7.11 Å². The van der Waals surface area contributed by atoms with Gasteiger partial charge in [0.1, 0.15) is 5.75 Å². The molecule has 0 saturated carbocycles. The van der Waals surface area contributed by atoms with Gasteiger partial charge in [0, 0.05) is 17.8 Å². The van der Waals surface area contributed by atoms with E-state index in [0.717, 1.165) is 6.07 Å². The molecule has 0 unspecified atom stereocenters. The van der Waals surface area contributed by atoms with Crippen molar-refractivity contribution in [1.82, 2.24) is 4.57 Å². The van der Waals surface area contributed by atoms with Crippen LogP contribution in [0.5, 0.6) is 5.75 Å². The lowest BCUT2D eigenvalue weighted by Crippen LogP contribution is -2.21. The van der Waals surface area contributed by atoms with Crippen LogP contribution in [0.2, 0.25) is 0 Å². The van der Waals surface area contributed by atoms with Crippen molar-refractivity contribution in [2.45, 2.75) is 6.54 Å². The van der Waals surface area contributed by atoms with Crippen LogP contribution in [0.4, 0.5) is 0 Å². The fraction of sp³-hybridized carbons (Fsp3) is 0.133. The standard InChI is InChI=1S/C15H12N2O4/c1-21-13-3-2-10(8-16)6-12(13)9-17-5-4-11(15(19)20)7-14(17)18/h2-7H,9H2,1H3,(H,19,20). The molecule has 0 aliphatic rings. The molecule has 1 heterocycles. The van der Waals surface area contributed by atoms with Gasteiger partial charge in [0.15, 0.2) is 0 Å². The lowest BCUT2D eigenvalue weighted by atomic mass is 10.1. The highest BCUT2D eigenvalue weighted by Crippen LogP contribution is 2.20. The van der Waals surface area contributed by atoms with Gasteiger partial charge >= 0.3 is 5.97 Å². The number of pyridine rings is 1. The van der Waals surface area contributed by atoms with Crippen LogP contribution in [0.1, 0.15) is 21.5 Å². The van der Waals surface area contributed by atoms with Crippen LogP contribution in [-0.4, -0.2) is 22.8 Å². The van der Waals surface area contributed by atoms with Crippen molar-refractivity contribution >= 4 is 5.97 Å². The van der Waals surface area contributed by atoms with Gasteiger partial charge in [-0.2, -0.15) is 5.26 Å². The number of ether oxygens (including phenoxy) is 1. The van der Waals surface area contributed by atoms with Gasteiger partial charge in [-0.05, 0) is 24.3 Å². The van der Waals surface area contributed by atoms with E-state index >= 15 is 0 Å². The van der Waals surface area contributed by atoms with Crippen LogP contribution in [0, 0.1) is 11.3 Å². The monoisotopic (exact) mass is 284 g/mol. The zero-order valence-electron chi connectivity index (χ0n) is 11.2. The number of methoxy groups -OCH3 is 1. The molecule has 1 aromatic carbocycles. The zero-order valence-corrected chi connectivity index (χ0v) is 11.2. The molecule has 0 aliphatic carbocycles. The van der Waals surface area contributed by atoms with Crippen molar-refractivity contribution in [3.8, 4) is 11.8 Å². The summed E-state index contributed by atoms with van der Waals surface area (Å²) < 4.78 is 6.55. The van der Waals surface area contributed by atoms with Crippen LogP contribution < -0.4 is 10.3 Å². The smallest absolute Gasteiger partial charge is 0.335 e. The molecule has 2 aromatic rings. The second kappa shape index (κ2) is 5.92. The largest absolute Gasteiger partial charge is 0.496 e. The van der Waals surface area contributed by atoms with E-state index in [9.17, 15) is 9.59 Å². The molecule has 0 saturated heterocycles. The highest BCUT2D eigenvalue weighted by Gasteiger charge is 2.09. The number of benzene rings is 1. The number of nitrogens with zero attached hydrogens (tertiary/aromatic N) is 2. The third-order valence-corrected chi connectivity index (χ3v) is 2.99. The van der Waals surface area contributed by atoms with Crippen LogP contribution in [0.25, 0.3) is 0 Å². The lowest BCUT2D eigenvalue weighted by molar-refractivity contribution is 0.0696. The van der Waals surface area contributed by atoms with Gasteiger partial charge in [0.05, 0.1) is 30.9 Å². The van der Waals surface area contributed by atoms with Gasteiger partial charge in [-0.3, -0.25) is 4.79 Å². The van der Waals surface area contributed by atoms with Gasteiger partial charge < -0.3 is 14.4 Å². The molecule has 1 N–H and O–H groups in total. The Labute approximate surface area is 120 Å². The molecule has 0 amide bonds. The summed E-state index contributed by atoms with van der Waals surface area (Å²) >= 11 is 0. The maximum absolute atomic E-state index is 11.9. The number of rotatable bonds is 4. The molecule has 6 nitrogen and oxygen atoms in total. The number of carbonyl (C=O) groups is 1. The fourth-order valence-electron chi connectivity index (χ4n) is 1.93. The molecular weight excluding hydrogens is 272 g/mol. The first kappa shape index (κ1) is 14.3. The Morgan fingerprint density at radius 1 is 1.38 bits per heavy atom. The Kier molecular flexibility index (Phi) is 4.05. The van der Waals surface area contributed by atoms with Crippen LogP contribution in [0.3, 0.4) is 0 Å². The van der Waals surface area contributed by atoms with Crippen molar-refractivity contribution < 1.29 is 14.6 Å². The first-order valence-electron chi connectivity index (χ1n) is 6.06. The average molecular weight is 284 g/mol. The zero-order chi connectivity index (χ0) is 15.4. The minimum atomic E-state index is -1.15. The SMILES string of the molecule is COc1ccc(C#N)cc1Cn1ccc(C(=O)O)cc1=O. The second-order valence-electron chi connectivity index (χ2n) is 4.33. The lowest BCUT2D eigenvalue weighted by Gasteiger charge is -2.11. The maximum atomic E-state index is 11.9. The molecule has 0 aliphatic heterocycles. The van der Waals surface area contributed by atoms with Crippen LogP contribution in [0.15, 0.2) is 41.3 Å². The summed E-state index contributed by atoms with van der Waals surface area (Å²) in [6.07, 6.45) is 1.41. The van der Waals surface area contributed by atoms with E-state index in [4.69, 9.17) is 15.1 Å². The topological polar surface area (TPSA) is 92.3 Å². The van der Waals surface area contributed by atoms with Gasteiger partial charge in [0.2, 0.25) is 0 Å². The van der Waals surface area contributed by atoms with Gasteiger partial charge in [-0.1, -0.05) is 0 Å². The molecule has 1 aromatic heterocycles. The Morgan fingerprint density at radius 2 is 2.14 bits per heavy atom. The summed E-state index contributed by atoms with van der Waals surface area (Å²) in [6.45, 7) is 0.192. The van der Waals surface area contributed by atoms with Crippen LogP contribution >= 0.6 is 0 Å². The fourth-order valence-corrected chi connectivity index (χ4v) is 1.93. The molecular formula is C15H12N2O4. The molecule has 0 radical (unpaired) electrons. The third-order valence-electron chi connectivity index (χ3n) is 2.99. The van der Waals surface area contributed by atoms with E-state index in [1.807, 2.05) is 6.07 Å². The second-order valence-corrected chi connectivity index (χ2v) is 4.33. The number of hydrogen-bond donors (Lipinski definition) is 1. The minimum absolute atomic E-state index is 0.0611. The molecule has 0 spiro atoms. The van der Waals surface area contributed by atoms with Crippen molar-refractivity contribution in [1.29, 1.82) is 5.26 Å². The first-order chi connectivity index (χ1) is 10.0. The molecule has 21 heavy (non-hydrogen) atoms. The van der Waals surface area contributed by atoms with E-state index in [1.165, 1.54) is 23.9 Å². The highest BCUT2D eigenvalue weighted by atomic mass is 16.5. The van der Waals surface area contributed by atoms with E-state index < -0.39 is 11.5 Å². The Bertz CT molecular complexity index is 787. The van der Waals surface area contributed by atoms with E-state index in [0.29, 0.717) is 16.9 Å². The van der Waals surface area contributed by atoms with E-state index in [1.54, 1.807) is 18.2 Å². The first-order valence-corrected chi connectivity index (χ1v) is 6.06. The van der Waals surface area contributed by atoms with Gasteiger partial charge in [0.25, 0.3) is 5.56 Å². The number of aromatic carboxylic acids is 1. The number of nitriles is 1. The summed E-state index contributed by atoms with van der Waals surface area (Å²) in [7, 11) is 1.50. The molecule has 0 bridgehead atoms. The number of hydrogen-bond acceptors (Lipinski definition) is 4. The highest BCUT2D eigenvalue weighted by molar-refractivity contribution is 5.87. The van der Waals surface area contributed by atoms with Crippen molar-refractivity contribution in [2.24, 2.45) is 0 Å². The molecule has 106 valence electrons. The van der Waals surface area contributed by atoms with Crippen molar-refractivity contribution in [3.05, 3.63) is 63.6 Å². The van der Waals surface area contributed by atoms with E-state index in [-0.39, 0.29) is 12.1 Å². The summed E-state index contributed by atoms with van der Waals surface area (Å²) in [4.78, 5) is 22.7. The van der Waals surface area contributed by atoms with Crippen molar-refractivity contribution in [3.63, 3.8) is 0 Å². The predicted octanol–water partition coefficient (Wildman–Crippen LogP) is 1.48. The van der Waals surface area contributed by atoms with Crippen LogP contribution in [-0.2, 0) is 6.54 Å². The molecule has 6 heteroatoms. The Hall–Kier alpha value is -3.07. The number of carboxylic acid groups (broad SMARTS) is 1. The Morgan fingerprint density at radius 3 is 2.71 bits per heavy atom. The van der Waals surface area contributed by atoms with Gasteiger partial charge in [-0.15, -0.1) is 0 Å². The number of carboxylic acids is 1. The minimum Gasteiger partial charge on any atom is -0.496 e. The summed E-state index contributed by atoms with van der Waals surface area (Å²) in [5.74, 6) is -0.591. The van der Waals surface area contributed by atoms with E-state index in [2.05, 4.69) is 0 Å². The Balaban J connectivity index is 2.41. The third kappa shape index (κ3) is 3.09. The molecule has 0 fully saturated rings. The maximum Gasteiger partial charge on any atom is 0.335 e. The quantitative estimate of drug-likeness (QED) is 0.917. The number of aromatic nitrogens is 1. The summed E-state index contributed by atoms with van der Waals surface area (Å²) in [5.41, 5.74) is 0.635. The normalized spacial score (nSPS) is 9.90. The van der Waals surface area contributed by atoms with Gasteiger partial charge in [-0.25, -0.2) is 4.79 Å². The predicted molar refractivity (Wildman–Crippen MR) is 74.5 cm³/mol. The molecule has 0 atom stereocenters. The summed E-state index contributed by atoms with van der Waals surface area (Å²) in [6, 6.07) is 9.35. The summed E-state index contributed by atoms with van der Waals surface area (Å²) in [5, 5.41) is 17.8. The molecule has 2 rings (SSSR count).